The number of benzene rings is 3. The zero-order valence-corrected chi connectivity index (χ0v) is 17.5. The minimum Gasteiger partial charge on any atom is -0.358 e. The Bertz CT molecular complexity index is 1140. The van der Waals surface area contributed by atoms with Crippen molar-refractivity contribution < 1.29 is 0 Å². The van der Waals surface area contributed by atoms with Gasteiger partial charge < -0.3 is 10.6 Å². The number of hydrogen-bond acceptors (Lipinski definition) is 2. The van der Waals surface area contributed by atoms with E-state index in [4.69, 9.17) is 17.3 Å². The van der Waals surface area contributed by atoms with Gasteiger partial charge in [-0.25, -0.2) is 0 Å². The normalized spacial score (nSPS) is 10.8. The average molecular weight is 401 g/mol. The molecule has 0 saturated carbocycles. The van der Waals surface area contributed by atoms with Gasteiger partial charge in [0.05, 0.1) is 23.6 Å². The minimum absolute atomic E-state index is 0.602. The second-order valence-electron chi connectivity index (χ2n) is 7.14. The summed E-state index contributed by atoms with van der Waals surface area (Å²) in [5.74, 6) is 0. The standard InChI is InChI=1S/C24H24N4S/c1-17-23(26-24(29)25-15-19-9-4-3-5-10-19)18(2)28(27-17)16-21-13-8-12-20-11-6-7-14-22(20)21/h3-14H,15-16H2,1-2H3,(H2,25,26,29). The number of nitrogens with one attached hydrogen (secondary N) is 2. The third kappa shape index (κ3) is 4.30. The number of nitrogens with zero attached hydrogens (tertiary/aromatic N) is 2. The molecule has 29 heavy (non-hydrogen) atoms. The molecule has 4 aromatic rings. The van der Waals surface area contributed by atoms with Crippen molar-refractivity contribution in [1.82, 2.24) is 15.1 Å². The highest BCUT2D eigenvalue weighted by atomic mass is 32.1. The Morgan fingerprint density at radius 1 is 0.931 bits per heavy atom. The molecule has 1 aromatic heterocycles. The smallest absolute Gasteiger partial charge is 0.171 e. The van der Waals surface area contributed by atoms with Gasteiger partial charge in [0, 0.05) is 6.54 Å². The molecule has 0 bridgehead atoms. The fourth-order valence-corrected chi connectivity index (χ4v) is 3.73. The van der Waals surface area contributed by atoms with E-state index in [-0.39, 0.29) is 0 Å². The second kappa shape index (κ2) is 8.45. The fourth-order valence-electron chi connectivity index (χ4n) is 3.56. The van der Waals surface area contributed by atoms with Crippen LogP contribution < -0.4 is 10.6 Å². The van der Waals surface area contributed by atoms with Gasteiger partial charge in [0.2, 0.25) is 0 Å². The molecule has 0 radical (unpaired) electrons. The van der Waals surface area contributed by atoms with Crippen LogP contribution in [0.4, 0.5) is 5.69 Å². The van der Waals surface area contributed by atoms with E-state index in [1.54, 1.807) is 0 Å². The molecule has 0 aliphatic rings. The molecule has 0 saturated heterocycles. The Hall–Kier alpha value is -3.18. The Kier molecular flexibility index (Phi) is 5.58. The zero-order valence-electron chi connectivity index (χ0n) is 16.6. The highest BCUT2D eigenvalue weighted by Crippen LogP contribution is 2.23. The van der Waals surface area contributed by atoms with Crippen molar-refractivity contribution in [3.8, 4) is 0 Å². The molecule has 1 heterocycles. The molecule has 4 nitrogen and oxygen atoms in total. The Morgan fingerprint density at radius 3 is 2.48 bits per heavy atom. The lowest BCUT2D eigenvalue weighted by Gasteiger charge is -2.12. The molecular weight excluding hydrogens is 376 g/mol. The first-order chi connectivity index (χ1) is 14.1. The summed E-state index contributed by atoms with van der Waals surface area (Å²) >= 11 is 5.50. The molecule has 0 amide bonds. The lowest BCUT2D eigenvalue weighted by molar-refractivity contribution is 0.662. The van der Waals surface area contributed by atoms with Crippen LogP contribution >= 0.6 is 12.2 Å². The van der Waals surface area contributed by atoms with Gasteiger partial charge in [-0.3, -0.25) is 4.68 Å². The predicted molar refractivity (Wildman–Crippen MR) is 124 cm³/mol. The van der Waals surface area contributed by atoms with E-state index in [0.717, 1.165) is 23.6 Å². The van der Waals surface area contributed by atoms with Gasteiger partial charge in [0.1, 0.15) is 0 Å². The van der Waals surface area contributed by atoms with E-state index < -0.39 is 0 Å². The van der Waals surface area contributed by atoms with Crippen molar-refractivity contribution in [2.24, 2.45) is 0 Å². The molecule has 2 N–H and O–H groups in total. The highest BCUT2D eigenvalue weighted by molar-refractivity contribution is 7.80. The summed E-state index contributed by atoms with van der Waals surface area (Å²) in [5.41, 5.74) is 5.42. The summed E-state index contributed by atoms with van der Waals surface area (Å²) in [7, 11) is 0. The largest absolute Gasteiger partial charge is 0.358 e. The SMILES string of the molecule is Cc1nn(Cc2cccc3ccccc23)c(C)c1NC(=S)NCc1ccccc1. The van der Waals surface area contributed by atoms with Gasteiger partial charge in [-0.2, -0.15) is 5.10 Å². The highest BCUT2D eigenvalue weighted by Gasteiger charge is 2.14. The average Bonchev–Trinajstić information content (AvgIpc) is 3.01. The van der Waals surface area contributed by atoms with E-state index in [2.05, 4.69) is 72.2 Å². The number of hydrogen-bond donors (Lipinski definition) is 2. The lowest BCUT2D eigenvalue weighted by Crippen LogP contribution is -2.28. The molecule has 0 aliphatic heterocycles. The molecule has 0 spiro atoms. The molecule has 4 rings (SSSR count). The molecule has 0 aliphatic carbocycles. The van der Waals surface area contributed by atoms with Crippen LogP contribution in [0.5, 0.6) is 0 Å². The summed E-state index contributed by atoms with van der Waals surface area (Å²) in [6, 6.07) is 25.1. The monoisotopic (exact) mass is 400 g/mol. The first-order valence-electron chi connectivity index (χ1n) is 9.71. The van der Waals surface area contributed by atoms with E-state index >= 15 is 0 Å². The summed E-state index contributed by atoms with van der Waals surface area (Å²) in [5, 5.41) is 14.5. The summed E-state index contributed by atoms with van der Waals surface area (Å²) < 4.78 is 2.04. The van der Waals surface area contributed by atoms with E-state index in [0.29, 0.717) is 11.7 Å². The molecule has 0 unspecified atom stereocenters. The topological polar surface area (TPSA) is 41.9 Å². The predicted octanol–water partition coefficient (Wildman–Crippen LogP) is 5.19. The Balaban J connectivity index is 1.49. The molecule has 0 fully saturated rings. The fraction of sp³-hybridized carbons (Fsp3) is 0.167. The molecular formula is C24H24N4S. The quantitative estimate of drug-likeness (QED) is 0.453. The first-order valence-corrected chi connectivity index (χ1v) is 10.1. The number of anilines is 1. The maximum atomic E-state index is 5.50. The van der Waals surface area contributed by atoms with Gasteiger partial charge in [0.15, 0.2) is 5.11 Å². The molecule has 3 aromatic carbocycles. The van der Waals surface area contributed by atoms with Crippen molar-refractivity contribution in [3.63, 3.8) is 0 Å². The Morgan fingerprint density at radius 2 is 1.66 bits per heavy atom. The first kappa shape index (κ1) is 19.2. The van der Waals surface area contributed by atoms with Crippen molar-refractivity contribution in [1.29, 1.82) is 0 Å². The van der Waals surface area contributed by atoms with E-state index in [9.17, 15) is 0 Å². The molecule has 146 valence electrons. The van der Waals surface area contributed by atoms with Gasteiger partial charge >= 0.3 is 0 Å². The van der Waals surface area contributed by atoms with Crippen LogP contribution in [0.25, 0.3) is 10.8 Å². The molecule has 5 heteroatoms. The van der Waals surface area contributed by atoms with Crippen LogP contribution in [-0.2, 0) is 13.1 Å². The summed E-state index contributed by atoms with van der Waals surface area (Å²) in [6.07, 6.45) is 0. The maximum absolute atomic E-state index is 5.50. The van der Waals surface area contributed by atoms with E-state index in [1.807, 2.05) is 29.8 Å². The second-order valence-corrected chi connectivity index (χ2v) is 7.54. The van der Waals surface area contributed by atoms with Gasteiger partial charge in [-0.15, -0.1) is 0 Å². The number of fused-ring (bicyclic) bond motifs is 1. The molecule has 0 atom stereocenters. The van der Waals surface area contributed by atoms with Crippen LogP contribution in [0.3, 0.4) is 0 Å². The van der Waals surface area contributed by atoms with Crippen molar-refractivity contribution in [3.05, 3.63) is 95.3 Å². The van der Waals surface area contributed by atoms with Crippen LogP contribution in [-0.4, -0.2) is 14.9 Å². The summed E-state index contributed by atoms with van der Waals surface area (Å²) in [6.45, 7) is 5.50. The number of thiocarbonyl (C=S) groups is 1. The van der Waals surface area contributed by atoms with Crippen LogP contribution in [0.15, 0.2) is 72.8 Å². The van der Waals surface area contributed by atoms with Gasteiger partial charge in [0.25, 0.3) is 0 Å². The van der Waals surface area contributed by atoms with Crippen molar-refractivity contribution >= 4 is 33.8 Å². The Labute approximate surface area is 176 Å². The van der Waals surface area contributed by atoms with Crippen LogP contribution in [0.2, 0.25) is 0 Å². The number of aryl methyl sites for hydroxylation is 1. The third-order valence-electron chi connectivity index (χ3n) is 5.12. The maximum Gasteiger partial charge on any atom is 0.171 e. The van der Waals surface area contributed by atoms with Crippen molar-refractivity contribution in [2.45, 2.75) is 26.9 Å². The third-order valence-corrected chi connectivity index (χ3v) is 5.36. The summed E-state index contributed by atoms with van der Waals surface area (Å²) in [4.78, 5) is 0. The van der Waals surface area contributed by atoms with E-state index in [1.165, 1.54) is 21.9 Å². The number of rotatable bonds is 5. The lowest BCUT2D eigenvalue weighted by atomic mass is 10.0. The van der Waals surface area contributed by atoms with Gasteiger partial charge in [-0.05, 0) is 48.0 Å². The van der Waals surface area contributed by atoms with Crippen molar-refractivity contribution in [2.75, 3.05) is 5.32 Å². The van der Waals surface area contributed by atoms with Crippen LogP contribution in [0.1, 0.15) is 22.5 Å². The van der Waals surface area contributed by atoms with Gasteiger partial charge in [-0.1, -0.05) is 72.8 Å². The van der Waals surface area contributed by atoms with Crippen LogP contribution in [0, 0.1) is 13.8 Å². The minimum atomic E-state index is 0.602. The number of aromatic nitrogens is 2. The zero-order chi connectivity index (χ0) is 20.2.